The molecule has 1 heterocycles. The van der Waals surface area contributed by atoms with E-state index in [1.807, 2.05) is 0 Å². The third kappa shape index (κ3) is 6.73. The average Bonchev–Trinajstić information content (AvgIpc) is 3.54. The van der Waals surface area contributed by atoms with Crippen molar-refractivity contribution in [2.45, 2.75) is 142 Å². The number of carbonyl (C=O) groups is 3. The third-order valence-electron chi connectivity index (χ3n) is 16.3. The molecule has 7 rings (SSSR count). The number of hydrogen-bond acceptors (Lipinski definition) is 10. The number of aliphatic carboxylic acids is 1. The Morgan fingerprint density at radius 3 is 2.36 bits per heavy atom. The number of esters is 1. The Hall–Kier alpha value is -3.94. The summed E-state index contributed by atoms with van der Waals surface area (Å²) in [5, 5.41) is 28.1. The number of sulfone groups is 1. The highest BCUT2D eigenvalue weighted by molar-refractivity contribution is 7.91. The van der Waals surface area contributed by atoms with Gasteiger partial charge in [-0.2, -0.15) is 0 Å². The number of carbonyl (C=O) groups excluding carboxylic acids is 2. The lowest BCUT2D eigenvalue weighted by molar-refractivity contribution is -0.832. The van der Waals surface area contributed by atoms with Crippen LogP contribution in [0.25, 0.3) is 0 Å². The molecule has 0 spiro atoms. The van der Waals surface area contributed by atoms with Crippen molar-refractivity contribution in [3.05, 3.63) is 47.2 Å². The molecule has 0 aliphatic heterocycles. The molecule has 4 saturated carbocycles. The summed E-state index contributed by atoms with van der Waals surface area (Å²) in [4.78, 5) is 38.6. The highest BCUT2D eigenvalue weighted by Gasteiger charge is 2.69. The topological polar surface area (TPSA) is 189 Å². The monoisotopic (exact) mass is 823 g/mol. The molecule has 58 heavy (non-hydrogen) atoms. The number of carboxylic acid groups (broad SMARTS) is 1. The summed E-state index contributed by atoms with van der Waals surface area (Å²) >= 11 is 0. The maximum atomic E-state index is 13.2. The average molecular weight is 824 g/mol. The van der Waals surface area contributed by atoms with Gasteiger partial charge in [0.2, 0.25) is 5.91 Å². The molecule has 0 radical (unpaired) electrons. The number of benzene rings is 1. The van der Waals surface area contributed by atoms with E-state index < -0.39 is 44.0 Å². The maximum absolute atomic E-state index is 13.2. The molecule has 13 nitrogen and oxygen atoms in total. The van der Waals surface area contributed by atoms with Gasteiger partial charge in [-0.3, -0.25) is 19.0 Å². The van der Waals surface area contributed by atoms with Crippen LogP contribution >= 0.6 is 0 Å². The number of nitrogens with zero attached hydrogens (tertiary/aromatic N) is 2. The van der Waals surface area contributed by atoms with Crippen molar-refractivity contribution in [1.29, 1.82) is 0 Å². The summed E-state index contributed by atoms with van der Waals surface area (Å²) < 4.78 is 42.0. The molecule has 4 fully saturated rings. The molecule has 1 amide bonds. The van der Waals surface area contributed by atoms with E-state index in [2.05, 4.69) is 69.6 Å². The van der Waals surface area contributed by atoms with E-state index >= 15 is 0 Å². The first kappa shape index (κ1) is 42.2. The molecular weight excluding hydrogens is 763 g/mol. The van der Waals surface area contributed by atoms with Crippen LogP contribution in [-0.2, 0) is 29.0 Å². The summed E-state index contributed by atoms with van der Waals surface area (Å²) in [6.45, 7) is 16.3. The van der Waals surface area contributed by atoms with Crippen LogP contribution in [0.5, 0.6) is 5.88 Å². The van der Waals surface area contributed by atoms with Crippen LogP contribution in [0.15, 0.2) is 56.5 Å². The number of amides is 1. The van der Waals surface area contributed by atoms with Crippen LogP contribution in [0.3, 0.4) is 0 Å². The first-order valence-corrected chi connectivity index (χ1v) is 22.5. The van der Waals surface area contributed by atoms with Crippen LogP contribution in [0.2, 0.25) is 0 Å². The van der Waals surface area contributed by atoms with Gasteiger partial charge in [0.1, 0.15) is 12.7 Å². The van der Waals surface area contributed by atoms with Gasteiger partial charge in [0.15, 0.2) is 0 Å². The largest absolute Gasteiger partial charge is 0.481 e. The van der Waals surface area contributed by atoms with Gasteiger partial charge in [0.25, 0.3) is 9.84 Å². The highest BCUT2D eigenvalue weighted by Crippen LogP contribution is 2.76. The van der Waals surface area contributed by atoms with E-state index in [9.17, 15) is 33.1 Å². The Kier molecular flexibility index (Phi) is 10.7. The van der Waals surface area contributed by atoms with Gasteiger partial charge < -0.3 is 25.1 Å². The molecular formula is C44H61N3O10S. The van der Waals surface area contributed by atoms with Gasteiger partial charge in [-0.25, -0.2) is 8.42 Å². The molecule has 5 aliphatic rings. The van der Waals surface area contributed by atoms with E-state index in [-0.39, 0.29) is 74.9 Å². The van der Waals surface area contributed by atoms with Crippen molar-refractivity contribution in [2.24, 2.45) is 50.2 Å². The van der Waals surface area contributed by atoms with Crippen molar-refractivity contribution in [3.63, 3.8) is 0 Å². The minimum Gasteiger partial charge on any atom is -0.481 e. The number of nitrogens with one attached hydrogen (secondary N) is 1. The van der Waals surface area contributed by atoms with Crippen LogP contribution in [0.1, 0.15) is 126 Å². The predicted molar refractivity (Wildman–Crippen MR) is 212 cm³/mol. The summed E-state index contributed by atoms with van der Waals surface area (Å²) in [6, 6.07) is 7.34. The molecule has 0 unspecified atom stereocenters. The lowest BCUT2D eigenvalue weighted by Gasteiger charge is -2.71. The Morgan fingerprint density at radius 1 is 0.948 bits per heavy atom. The molecule has 1 aromatic heterocycles. The summed E-state index contributed by atoms with van der Waals surface area (Å²) in [5.74, 6) is -1.14. The minimum absolute atomic E-state index is 0.0198. The first-order valence-electron chi connectivity index (χ1n) is 21.1. The molecule has 14 heteroatoms. The van der Waals surface area contributed by atoms with Crippen molar-refractivity contribution >= 4 is 27.7 Å². The van der Waals surface area contributed by atoms with Crippen LogP contribution in [0.4, 0.5) is 0 Å². The van der Waals surface area contributed by atoms with Crippen LogP contribution in [-0.4, -0.2) is 55.8 Å². The van der Waals surface area contributed by atoms with Crippen molar-refractivity contribution in [1.82, 2.24) is 10.5 Å². The number of carboxylic acids is 1. The quantitative estimate of drug-likeness (QED) is 0.101. The van der Waals surface area contributed by atoms with Crippen LogP contribution in [0, 0.1) is 55.5 Å². The molecule has 8 atom stereocenters. The number of aromatic nitrogens is 2. The van der Waals surface area contributed by atoms with E-state index in [1.165, 1.54) is 29.8 Å². The number of rotatable bonds is 11. The first-order chi connectivity index (χ1) is 27.1. The molecule has 318 valence electrons. The standard InChI is InChI=1S/C44H61N3O10S/c1-39(2)21-23-44(38(50)51)24-22-42(6)29(30(44)27-39)13-14-32-41(5)19-18-33(40(3,4)31(41)17-20-43(32,42)7)56-35(49)16-15-34(48)45-25-26-55-36-37(47(52)57-46-36)58(53,54)28-11-9-8-10-12-28/h8-13,30-33H,14-27H2,1-7H3,(H,45,48)(H,50,51)/t30-,31-,32+,33-,41-,42+,43+,44-/m0/s1. The maximum Gasteiger partial charge on any atom is 0.415 e. The molecule has 2 N–H and O–H groups in total. The smallest absolute Gasteiger partial charge is 0.415 e. The number of ether oxygens (including phenoxy) is 2. The van der Waals surface area contributed by atoms with E-state index in [1.54, 1.807) is 6.07 Å². The van der Waals surface area contributed by atoms with Gasteiger partial charge in [0, 0.05) is 11.8 Å². The Labute approximate surface area is 342 Å². The third-order valence-corrected chi connectivity index (χ3v) is 18.1. The molecule has 0 saturated heterocycles. The second-order valence-corrected chi connectivity index (χ2v) is 21.9. The zero-order valence-electron chi connectivity index (χ0n) is 35.1. The van der Waals surface area contributed by atoms with Gasteiger partial charge in [-0.05, 0) is 121 Å². The Morgan fingerprint density at radius 2 is 1.66 bits per heavy atom. The van der Waals surface area contributed by atoms with Gasteiger partial charge in [0.05, 0.1) is 28.4 Å². The summed E-state index contributed by atoms with van der Waals surface area (Å²) in [5.41, 5.74) is 0.573. The SMILES string of the molecule is CC1(C)CC[C@]2(C(=O)O)CC[C@]3(C)C(=CC[C@@H]4[C@@]5(C)CC[C@H](OC(=O)CCC(=O)NCCOc6no[n+]([O-])c6S(=O)(=O)c6ccccc6)C(C)(C)[C@@H]5CC[C@]43C)[C@@H]2C1. The lowest BCUT2D eigenvalue weighted by atomic mass is 9.33. The number of allylic oxidation sites excluding steroid dienone is 2. The van der Waals surface area contributed by atoms with Gasteiger partial charge >= 0.3 is 22.8 Å². The van der Waals surface area contributed by atoms with Crippen molar-refractivity contribution in [2.75, 3.05) is 13.2 Å². The lowest BCUT2D eigenvalue weighted by Crippen LogP contribution is -2.65. The Balaban J connectivity index is 0.944. The summed E-state index contributed by atoms with van der Waals surface area (Å²) in [6.07, 6.45) is 11.0. The zero-order valence-corrected chi connectivity index (χ0v) is 35.9. The van der Waals surface area contributed by atoms with E-state index in [4.69, 9.17) is 9.47 Å². The molecule has 0 bridgehead atoms. The van der Waals surface area contributed by atoms with E-state index in [0.717, 1.165) is 64.2 Å². The normalized spacial score (nSPS) is 34.8. The molecule has 2 aromatic rings. The fraction of sp³-hybridized carbons (Fsp3) is 0.705. The van der Waals surface area contributed by atoms with E-state index in [0.29, 0.717) is 11.8 Å². The highest BCUT2D eigenvalue weighted by atomic mass is 32.2. The fourth-order valence-corrected chi connectivity index (χ4v) is 14.2. The molecule has 5 aliphatic carbocycles. The second kappa shape index (κ2) is 14.7. The predicted octanol–water partition coefficient (Wildman–Crippen LogP) is 7.21. The minimum atomic E-state index is -4.27. The molecule has 1 aromatic carbocycles. The second-order valence-electron chi connectivity index (χ2n) is 20.1. The zero-order chi connectivity index (χ0) is 42.1. The number of hydrogen-bond donors (Lipinski definition) is 2. The van der Waals surface area contributed by atoms with Gasteiger partial charge in [-0.1, -0.05) is 78.3 Å². The fourth-order valence-electron chi connectivity index (χ4n) is 12.9. The van der Waals surface area contributed by atoms with Crippen molar-refractivity contribution < 1.29 is 46.9 Å². The van der Waals surface area contributed by atoms with Gasteiger partial charge in [-0.15, -0.1) is 0 Å². The Bertz CT molecular complexity index is 2080. The van der Waals surface area contributed by atoms with Crippen LogP contribution < -0.4 is 15.0 Å². The number of fused-ring (bicyclic) bond motifs is 7. The summed E-state index contributed by atoms with van der Waals surface area (Å²) in [7, 11) is -4.27. The van der Waals surface area contributed by atoms with Crippen molar-refractivity contribution in [3.8, 4) is 5.88 Å².